The number of rotatable bonds is 8. The van der Waals surface area contributed by atoms with Crippen LogP contribution in [0.15, 0.2) is 60.8 Å². The van der Waals surface area contributed by atoms with Crippen molar-refractivity contribution < 1.29 is 51.4 Å². The first kappa shape index (κ1) is 35.8. The van der Waals surface area contributed by atoms with Gasteiger partial charge in [0, 0.05) is 30.3 Å². The number of imide groups is 1. The second kappa shape index (κ2) is 13.5. The zero-order valence-electron chi connectivity index (χ0n) is 27.9. The molecule has 2 aromatic carbocycles. The fourth-order valence-electron chi connectivity index (χ4n) is 6.13. The summed E-state index contributed by atoms with van der Waals surface area (Å²) in [6, 6.07) is 12.4. The summed E-state index contributed by atoms with van der Waals surface area (Å²) in [4.78, 5) is 84.3. The van der Waals surface area contributed by atoms with Crippen LogP contribution in [0, 0.1) is 6.92 Å². The van der Waals surface area contributed by atoms with E-state index < -0.39 is 59.6 Å². The third-order valence-electron chi connectivity index (χ3n) is 8.51. The largest absolute Gasteiger partial charge is 0.449 e. The Kier molecular flexibility index (Phi) is 8.93. The summed E-state index contributed by atoms with van der Waals surface area (Å²) in [5, 5.41) is 6.99. The Morgan fingerprint density at radius 2 is 1.76 bits per heavy atom. The quantitative estimate of drug-likeness (QED) is 0.173. The SMILES string of the molecule is CC(=O)O[C@@H](C(=O)Nc1ccc2c(N3C(=O)c4ccccc4C3=O)nsc2c1C(N)=O)[C@H]1OCCN(c2cc(C)n(-c3ccnc(C(F)(F)F)c3)n2)C1=O. The Labute approximate surface area is 305 Å². The molecule has 0 unspecified atom stereocenters. The number of aryl methyl sites for hydroxylation is 1. The van der Waals surface area contributed by atoms with Gasteiger partial charge in [0.05, 0.1) is 45.9 Å². The summed E-state index contributed by atoms with van der Waals surface area (Å²) >= 11 is 0.741. The highest BCUT2D eigenvalue weighted by Gasteiger charge is 2.44. The molecule has 5 amide bonds. The van der Waals surface area contributed by atoms with Gasteiger partial charge >= 0.3 is 12.1 Å². The van der Waals surface area contributed by atoms with Gasteiger partial charge in [-0.05, 0) is 54.9 Å². The van der Waals surface area contributed by atoms with E-state index in [1.165, 1.54) is 41.1 Å². The van der Waals surface area contributed by atoms with Gasteiger partial charge in [0.15, 0.2) is 17.7 Å². The van der Waals surface area contributed by atoms with E-state index in [0.29, 0.717) is 5.69 Å². The molecule has 0 bridgehead atoms. The third-order valence-corrected chi connectivity index (χ3v) is 9.38. The highest BCUT2D eigenvalue weighted by molar-refractivity contribution is 7.14. The molecule has 20 heteroatoms. The number of nitrogens with one attached hydrogen (secondary N) is 1. The molecule has 5 aromatic rings. The predicted molar refractivity (Wildman–Crippen MR) is 183 cm³/mol. The number of alkyl halides is 3. The van der Waals surface area contributed by atoms with Crippen molar-refractivity contribution in [2.45, 2.75) is 32.2 Å². The molecule has 0 radical (unpaired) electrons. The predicted octanol–water partition coefficient (Wildman–Crippen LogP) is 3.41. The topological polar surface area (TPSA) is 209 Å². The molecule has 54 heavy (non-hydrogen) atoms. The van der Waals surface area contributed by atoms with E-state index >= 15 is 0 Å². The number of hydrogen-bond donors (Lipinski definition) is 2. The van der Waals surface area contributed by atoms with Crippen LogP contribution >= 0.6 is 11.5 Å². The number of ether oxygens (including phenoxy) is 2. The van der Waals surface area contributed by atoms with Gasteiger partial charge in [-0.15, -0.1) is 5.10 Å². The summed E-state index contributed by atoms with van der Waals surface area (Å²) in [7, 11) is 0. The van der Waals surface area contributed by atoms with E-state index in [1.54, 1.807) is 19.1 Å². The van der Waals surface area contributed by atoms with Crippen LogP contribution in [-0.4, -0.2) is 80.0 Å². The zero-order chi connectivity index (χ0) is 38.6. The molecule has 0 saturated carbocycles. The number of carbonyl (C=O) groups is 6. The van der Waals surface area contributed by atoms with E-state index in [-0.39, 0.29) is 62.9 Å². The molecule has 5 heterocycles. The van der Waals surface area contributed by atoms with Crippen molar-refractivity contribution in [1.82, 2.24) is 19.1 Å². The van der Waals surface area contributed by atoms with Crippen LogP contribution in [-0.2, 0) is 30.0 Å². The first-order valence-corrected chi connectivity index (χ1v) is 16.6. The van der Waals surface area contributed by atoms with Crippen LogP contribution in [0.3, 0.4) is 0 Å². The maximum absolute atomic E-state index is 13.8. The fraction of sp³-hybridized carbons (Fsp3) is 0.206. The van der Waals surface area contributed by atoms with E-state index in [1.807, 2.05) is 0 Å². The van der Waals surface area contributed by atoms with Crippen LogP contribution in [0.2, 0.25) is 0 Å². The van der Waals surface area contributed by atoms with Crippen LogP contribution < -0.4 is 20.9 Å². The average Bonchev–Trinajstić information content (AvgIpc) is 3.80. The lowest BCUT2D eigenvalue weighted by molar-refractivity contribution is -0.167. The molecule has 1 saturated heterocycles. The minimum Gasteiger partial charge on any atom is -0.449 e. The number of esters is 1. The zero-order valence-corrected chi connectivity index (χ0v) is 28.7. The second-order valence-electron chi connectivity index (χ2n) is 12.0. The molecule has 7 rings (SSSR count). The third kappa shape index (κ3) is 6.19. The van der Waals surface area contributed by atoms with Crippen molar-refractivity contribution in [2.24, 2.45) is 5.73 Å². The summed E-state index contributed by atoms with van der Waals surface area (Å²) in [6.45, 7) is 2.31. The van der Waals surface area contributed by atoms with Gasteiger partial charge in [0.25, 0.3) is 29.5 Å². The molecule has 276 valence electrons. The van der Waals surface area contributed by atoms with Crippen molar-refractivity contribution in [3.63, 3.8) is 0 Å². The van der Waals surface area contributed by atoms with E-state index in [9.17, 15) is 41.9 Å². The van der Waals surface area contributed by atoms with Crippen LogP contribution in [0.1, 0.15) is 49.4 Å². The maximum atomic E-state index is 13.8. The maximum Gasteiger partial charge on any atom is 0.433 e. The van der Waals surface area contributed by atoms with Gasteiger partial charge in [-0.1, -0.05) is 12.1 Å². The van der Waals surface area contributed by atoms with E-state index in [4.69, 9.17) is 15.2 Å². The number of benzene rings is 2. The van der Waals surface area contributed by atoms with Gasteiger partial charge in [-0.25, -0.2) is 9.58 Å². The van der Waals surface area contributed by atoms with Crippen molar-refractivity contribution in [3.8, 4) is 5.69 Å². The van der Waals surface area contributed by atoms with Gasteiger partial charge in [-0.3, -0.25) is 38.7 Å². The first-order valence-electron chi connectivity index (χ1n) is 15.9. The molecule has 3 N–H and O–H groups in total. The Hall–Kier alpha value is -6.54. The monoisotopic (exact) mass is 762 g/mol. The van der Waals surface area contributed by atoms with Crippen LogP contribution in [0.4, 0.5) is 30.5 Å². The Morgan fingerprint density at radius 3 is 2.41 bits per heavy atom. The number of nitrogens with zero attached hydrogens (tertiary/aromatic N) is 6. The van der Waals surface area contributed by atoms with E-state index in [0.717, 1.165) is 40.5 Å². The number of carbonyl (C=O) groups excluding carboxylic acids is 6. The van der Waals surface area contributed by atoms with Crippen LogP contribution in [0.5, 0.6) is 0 Å². The molecular weight excluding hydrogens is 737 g/mol. The van der Waals surface area contributed by atoms with Crippen molar-refractivity contribution in [2.75, 3.05) is 28.3 Å². The minimum absolute atomic E-state index is 0.0127. The summed E-state index contributed by atoms with van der Waals surface area (Å²) in [6.07, 6.45) is -7.38. The van der Waals surface area contributed by atoms with Crippen molar-refractivity contribution >= 4 is 74.4 Å². The summed E-state index contributed by atoms with van der Waals surface area (Å²) < 4.78 is 56.4. The molecule has 16 nitrogen and oxygen atoms in total. The molecule has 2 aliphatic rings. The van der Waals surface area contributed by atoms with Gasteiger partial charge in [0.1, 0.15) is 5.69 Å². The van der Waals surface area contributed by atoms with Crippen LogP contribution in [0.25, 0.3) is 15.8 Å². The fourth-order valence-corrected chi connectivity index (χ4v) is 7.04. The molecule has 0 aliphatic carbocycles. The average molecular weight is 763 g/mol. The van der Waals surface area contributed by atoms with Gasteiger partial charge < -0.3 is 20.5 Å². The molecule has 0 spiro atoms. The number of morpholine rings is 1. The Bertz CT molecular complexity index is 2390. The summed E-state index contributed by atoms with van der Waals surface area (Å²) in [5.74, 6) is -5.21. The number of halogens is 3. The normalized spacial score (nSPS) is 16.5. The number of amides is 5. The lowest BCUT2D eigenvalue weighted by Crippen LogP contribution is -2.56. The first-order chi connectivity index (χ1) is 25.6. The number of pyridine rings is 1. The molecule has 2 atom stereocenters. The molecule has 1 fully saturated rings. The highest BCUT2D eigenvalue weighted by atomic mass is 32.1. The number of aromatic nitrogens is 4. The smallest absolute Gasteiger partial charge is 0.433 e. The molecule has 3 aromatic heterocycles. The lowest BCUT2D eigenvalue weighted by atomic mass is 10.1. The Balaban J connectivity index is 1.17. The number of primary amides is 1. The minimum atomic E-state index is -4.71. The van der Waals surface area contributed by atoms with E-state index in [2.05, 4.69) is 19.8 Å². The van der Waals surface area contributed by atoms with Crippen molar-refractivity contribution in [1.29, 1.82) is 0 Å². The summed E-state index contributed by atoms with van der Waals surface area (Å²) in [5.41, 5.74) is 4.91. The number of nitrogens with two attached hydrogens (primary N) is 1. The Morgan fingerprint density at radius 1 is 1.06 bits per heavy atom. The van der Waals surface area contributed by atoms with Gasteiger partial charge in [0.2, 0.25) is 6.10 Å². The van der Waals surface area contributed by atoms with Crippen molar-refractivity contribution in [3.05, 3.63) is 88.9 Å². The number of hydrogen-bond acceptors (Lipinski definition) is 12. The lowest BCUT2D eigenvalue weighted by Gasteiger charge is -2.34. The number of fused-ring (bicyclic) bond motifs is 2. The highest BCUT2D eigenvalue weighted by Crippen LogP contribution is 2.39. The second-order valence-corrected chi connectivity index (χ2v) is 12.8. The number of anilines is 3. The molecule has 2 aliphatic heterocycles. The molecular formula is C34H25F3N8O8S. The van der Waals surface area contributed by atoms with Gasteiger partial charge in [-0.2, -0.15) is 17.5 Å². The standard InChI is InChI=1S/C34H25F3N8O8S/c1-15-13-23(41-45(15)17-9-10-39-22(14-17)34(35,36)37)43-11-12-52-26(33(43)51)25(53-16(2)46)30(48)40-21-8-7-20-27(24(21)28(38)47)54-42-29(20)44-31(49)18-5-3-4-6-19(18)32(44)50/h3-10,13-14,25-26H,11-12H2,1-2H3,(H2,38,47)(H,40,48)/t25-,26-/m1/s1.